The lowest BCUT2D eigenvalue weighted by molar-refractivity contribution is -0.126. The highest BCUT2D eigenvalue weighted by molar-refractivity contribution is 5.80. The number of amides is 1. The van der Waals surface area contributed by atoms with E-state index in [0.29, 0.717) is 0 Å². The summed E-state index contributed by atoms with van der Waals surface area (Å²) < 4.78 is 0. The Labute approximate surface area is 102 Å². The monoisotopic (exact) mass is 232 g/mol. The Morgan fingerprint density at radius 3 is 2.88 bits per heavy atom. The molecule has 1 aromatic rings. The van der Waals surface area contributed by atoms with Crippen LogP contribution in [0, 0.1) is 5.41 Å². The van der Waals surface area contributed by atoms with Gasteiger partial charge in [0.15, 0.2) is 0 Å². The van der Waals surface area contributed by atoms with Crippen LogP contribution in [0.5, 0.6) is 0 Å². The van der Waals surface area contributed by atoms with E-state index in [1.165, 1.54) is 11.1 Å². The van der Waals surface area contributed by atoms with E-state index in [9.17, 15) is 4.79 Å². The summed E-state index contributed by atoms with van der Waals surface area (Å²) in [5, 5.41) is 3.48. The van der Waals surface area contributed by atoms with Crippen molar-refractivity contribution in [1.29, 1.82) is 0 Å². The van der Waals surface area contributed by atoms with Crippen molar-refractivity contribution in [2.75, 3.05) is 6.54 Å². The van der Waals surface area contributed by atoms with Gasteiger partial charge >= 0.3 is 0 Å². The van der Waals surface area contributed by atoms with Gasteiger partial charge in [-0.25, -0.2) is 0 Å². The van der Waals surface area contributed by atoms with Crippen molar-refractivity contribution in [2.24, 2.45) is 11.1 Å². The molecule has 1 amide bonds. The van der Waals surface area contributed by atoms with Crippen LogP contribution in [0.4, 0.5) is 0 Å². The number of hydrogen-bond donors (Lipinski definition) is 2. The molecular weight excluding hydrogens is 212 g/mol. The molecule has 0 unspecified atom stereocenters. The maximum Gasteiger partial charge on any atom is 0.223 e. The molecular formula is C14H20N2O. The maximum atomic E-state index is 11.4. The molecule has 3 heteroatoms. The predicted octanol–water partition coefficient (Wildman–Crippen LogP) is 1.77. The molecule has 3 N–H and O–H groups in total. The summed E-state index contributed by atoms with van der Waals surface area (Å²) in [4.78, 5) is 11.4. The van der Waals surface area contributed by atoms with E-state index in [-0.39, 0.29) is 11.9 Å². The second-order valence-electron chi connectivity index (χ2n) is 5.41. The zero-order valence-corrected chi connectivity index (χ0v) is 10.5. The molecule has 17 heavy (non-hydrogen) atoms. The van der Waals surface area contributed by atoms with Gasteiger partial charge in [-0.15, -0.1) is 0 Å². The molecule has 0 saturated heterocycles. The van der Waals surface area contributed by atoms with Crippen LogP contribution in [0.15, 0.2) is 24.3 Å². The smallest absolute Gasteiger partial charge is 0.223 e. The minimum absolute atomic E-state index is 0.234. The van der Waals surface area contributed by atoms with Gasteiger partial charge in [0.25, 0.3) is 0 Å². The van der Waals surface area contributed by atoms with Crippen LogP contribution in [0.2, 0.25) is 0 Å². The molecule has 0 spiro atoms. The van der Waals surface area contributed by atoms with Crippen molar-refractivity contribution in [3.8, 4) is 0 Å². The van der Waals surface area contributed by atoms with Crippen LogP contribution in [-0.2, 0) is 11.2 Å². The molecule has 1 aliphatic rings. The highest BCUT2D eigenvalue weighted by Crippen LogP contribution is 2.33. The van der Waals surface area contributed by atoms with E-state index in [1.54, 1.807) is 0 Å². The largest absolute Gasteiger partial charge is 0.369 e. The SMILES string of the molecule is CC(C)(C[C@@H]1NCCc2ccccc21)C(N)=O. The molecule has 1 heterocycles. The average molecular weight is 232 g/mol. The van der Waals surface area contributed by atoms with Crippen LogP contribution >= 0.6 is 0 Å². The summed E-state index contributed by atoms with van der Waals surface area (Å²) in [6, 6.07) is 8.67. The standard InChI is InChI=1S/C14H20N2O/c1-14(2,13(15)17)9-12-11-6-4-3-5-10(11)7-8-16-12/h3-6,12,16H,7-9H2,1-2H3,(H2,15,17)/t12-/m0/s1. The molecule has 0 radical (unpaired) electrons. The van der Waals surface area contributed by atoms with E-state index in [4.69, 9.17) is 5.73 Å². The summed E-state index contributed by atoms with van der Waals surface area (Å²) in [5.41, 5.74) is 7.67. The zero-order chi connectivity index (χ0) is 12.5. The Kier molecular flexibility index (Phi) is 3.20. The molecule has 1 aliphatic heterocycles. The molecule has 0 bridgehead atoms. The van der Waals surface area contributed by atoms with E-state index in [1.807, 2.05) is 13.8 Å². The number of hydrogen-bond acceptors (Lipinski definition) is 2. The fourth-order valence-corrected chi connectivity index (χ4v) is 2.39. The summed E-state index contributed by atoms with van der Waals surface area (Å²) in [7, 11) is 0. The van der Waals surface area contributed by atoms with Crippen LogP contribution in [-0.4, -0.2) is 12.5 Å². The summed E-state index contributed by atoms with van der Waals surface area (Å²) in [6.45, 7) is 4.79. The molecule has 92 valence electrons. The lowest BCUT2D eigenvalue weighted by Gasteiger charge is -2.32. The van der Waals surface area contributed by atoms with E-state index in [2.05, 4.69) is 29.6 Å². The maximum absolute atomic E-state index is 11.4. The lowest BCUT2D eigenvalue weighted by atomic mass is 9.80. The Morgan fingerprint density at radius 1 is 1.47 bits per heavy atom. The van der Waals surface area contributed by atoms with Crippen molar-refractivity contribution in [1.82, 2.24) is 5.32 Å². The minimum Gasteiger partial charge on any atom is -0.369 e. The van der Waals surface area contributed by atoms with Gasteiger partial charge in [-0.05, 0) is 30.5 Å². The number of fused-ring (bicyclic) bond motifs is 1. The number of benzene rings is 1. The molecule has 3 nitrogen and oxygen atoms in total. The Bertz CT molecular complexity index is 426. The Hall–Kier alpha value is -1.35. The van der Waals surface area contributed by atoms with Gasteiger partial charge in [0.2, 0.25) is 5.91 Å². The summed E-state index contributed by atoms with van der Waals surface area (Å²) in [5.74, 6) is -0.234. The number of rotatable bonds is 3. The van der Waals surface area contributed by atoms with E-state index in [0.717, 1.165) is 19.4 Å². The first-order chi connectivity index (χ1) is 8.00. The lowest BCUT2D eigenvalue weighted by Crippen LogP contribution is -2.38. The van der Waals surface area contributed by atoms with Crippen LogP contribution < -0.4 is 11.1 Å². The van der Waals surface area contributed by atoms with Gasteiger partial charge in [-0.1, -0.05) is 38.1 Å². The highest BCUT2D eigenvalue weighted by atomic mass is 16.1. The van der Waals surface area contributed by atoms with Gasteiger partial charge in [-0.2, -0.15) is 0 Å². The summed E-state index contributed by atoms with van der Waals surface area (Å²) in [6.07, 6.45) is 1.81. The van der Waals surface area contributed by atoms with E-state index >= 15 is 0 Å². The first-order valence-corrected chi connectivity index (χ1v) is 6.12. The fraction of sp³-hybridized carbons (Fsp3) is 0.500. The average Bonchev–Trinajstić information content (AvgIpc) is 2.29. The quantitative estimate of drug-likeness (QED) is 0.834. The number of carbonyl (C=O) groups is 1. The molecule has 0 aromatic heterocycles. The first kappa shape index (κ1) is 12.1. The van der Waals surface area contributed by atoms with Crippen LogP contribution in [0.1, 0.15) is 37.4 Å². The number of carbonyl (C=O) groups excluding carboxylic acids is 1. The van der Waals surface area contributed by atoms with Gasteiger partial charge < -0.3 is 11.1 Å². The van der Waals surface area contributed by atoms with E-state index < -0.39 is 5.41 Å². The number of nitrogens with two attached hydrogens (primary N) is 1. The van der Waals surface area contributed by atoms with Crippen LogP contribution in [0.3, 0.4) is 0 Å². The second-order valence-corrected chi connectivity index (χ2v) is 5.41. The normalized spacial score (nSPS) is 19.8. The molecule has 0 saturated carbocycles. The predicted molar refractivity (Wildman–Crippen MR) is 68.5 cm³/mol. The van der Waals surface area contributed by atoms with Crippen molar-refractivity contribution in [3.63, 3.8) is 0 Å². The second kappa shape index (κ2) is 4.49. The molecule has 0 fully saturated rings. The molecule has 2 rings (SSSR count). The van der Waals surface area contributed by atoms with Gasteiger partial charge in [0.05, 0.1) is 0 Å². The van der Waals surface area contributed by atoms with Crippen molar-refractivity contribution >= 4 is 5.91 Å². The fourth-order valence-electron chi connectivity index (χ4n) is 2.39. The molecule has 1 aromatic carbocycles. The van der Waals surface area contributed by atoms with Gasteiger partial charge in [0, 0.05) is 11.5 Å². The van der Waals surface area contributed by atoms with Crippen LogP contribution in [0.25, 0.3) is 0 Å². The van der Waals surface area contributed by atoms with Crippen molar-refractivity contribution in [2.45, 2.75) is 32.7 Å². The van der Waals surface area contributed by atoms with Crippen molar-refractivity contribution in [3.05, 3.63) is 35.4 Å². The third kappa shape index (κ3) is 2.50. The minimum atomic E-state index is -0.470. The molecule has 0 aliphatic carbocycles. The zero-order valence-electron chi connectivity index (χ0n) is 10.5. The van der Waals surface area contributed by atoms with Crippen molar-refractivity contribution < 1.29 is 4.79 Å². The third-order valence-electron chi connectivity index (χ3n) is 3.60. The Balaban J connectivity index is 2.22. The molecule has 1 atom stereocenters. The highest BCUT2D eigenvalue weighted by Gasteiger charge is 2.31. The first-order valence-electron chi connectivity index (χ1n) is 6.12. The van der Waals surface area contributed by atoms with Gasteiger partial charge in [-0.3, -0.25) is 4.79 Å². The summed E-state index contributed by atoms with van der Waals surface area (Å²) >= 11 is 0. The number of primary amides is 1. The topological polar surface area (TPSA) is 55.1 Å². The third-order valence-corrected chi connectivity index (χ3v) is 3.60. The van der Waals surface area contributed by atoms with Gasteiger partial charge in [0.1, 0.15) is 0 Å². The Morgan fingerprint density at radius 2 is 2.18 bits per heavy atom. The number of nitrogens with one attached hydrogen (secondary N) is 1.